The molecule has 0 saturated carbocycles. The van der Waals surface area contributed by atoms with Crippen molar-refractivity contribution in [2.75, 3.05) is 6.54 Å². The molecular formula is C19H18N6O3. The van der Waals surface area contributed by atoms with E-state index in [9.17, 15) is 14.4 Å². The Balaban J connectivity index is 1.34. The van der Waals surface area contributed by atoms with Gasteiger partial charge in [-0.05, 0) is 24.3 Å². The quantitative estimate of drug-likeness (QED) is 0.524. The minimum Gasteiger partial charge on any atom is -0.354 e. The zero-order chi connectivity index (χ0) is 19.5. The van der Waals surface area contributed by atoms with Crippen LogP contribution in [-0.2, 0) is 17.9 Å². The summed E-state index contributed by atoms with van der Waals surface area (Å²) in [5.74, 6) is -0.211. The Morgan fingerprint density at radius 2 is 1.86 bits per heavy atom. The fourth-order valence-electron chi connectivity index (χ4n) is 2.99. The Bertz CT molecular complexity index is 1270. The predicted molar refractivity (Wildman–Crippen MR) is 103 cm³/mol. The fourth-order valence-corrected chi connectivity index (χ4v) is 2.99. The summed E-state index contributed by atoms with van der Waals surface area (Å²) in [5.41, 5.74) is 0.765. The van der Waals surface area contributed by atoms with Gasteiger partial charge in [0.1, 0.15) is 0 Å². The number of aromatic nitrogens is 5. The Kier molecular flexibility index (Phi) is 4.71. The van der Waals surface area contributed by atoms with Crippen molar-refractivity contribution in [2.45, 2.75) is 19.5 Å². The van der Waals surface area contributed by atoms with E-state index in [1.54, 1.807) is 42.6 Å². The van der Waals surface area contributed by atoms with Crippen LogP contribution in [0.4, 0.5) is 0 Å². The van der Waals surface area contributed by atoms with Crippen LogP contribution in [0.1, 0.15) is 6.42 Å². The molecule has 4 rings (SSSR count). The van der Waals surface area contributed by atoms with E-state index in [0.29, 0.717) is 16.6 Å². The molecule has 0 spiro atoms. The molecule has 0 fully saturated rings. The normalized spacial score (nSPS) is 11.1. The van der Waals surface area contributed by atoms with Crippen molar-refractivity contribution in [3.8, 4) is 0 Å². The molecule has 142 valence electrons. The van der Waals surface area contributed by atoms with Crippen molar-refractivity contribution in [1.82, 2.24) is 29.0 Å². The van der Waals surface area contributed by atoms with Gasteiger partial charge in [-0.15, -0.1) is 5.10 Å². The van der Waals surface area contributed by atoms with Gasteiger partial charge >= 0.3 is 5.69 Å². The maximum Gasteiger partial charge on any atom is 0.350 e. The van der Waals surface area contributed by atoms with E-state index < -0.39 is 0 Å². The number of hydrogen-bond donors (Lipinski definition) is 1. The van der Waals surface area contributed by atoms with Crippen LogP contribution in [0.15, 0.2) is 64.6 Å². The average Bonchev–Trinajstić information content (AvgIpc) is 3.04. The molecule has 1 N–H and O–H groups in total. The van der Waals surface area contributed by atoms with Crippen LogP contribution in [0.2, 0.25) is 0 Å². The molecule has 0 aliphatic heterocycles. The van der Waals surface area contributed by atoms with E-state index in [-0.39, 0.29) is 43.2 Å². The van der Waals surface area contributed by atoms with Gasteiger partial charge in [0.2, 0.25) is 5.91 Å². The first-order chi connectivity index (χ1) is 13.6. The van der Waals surface area contributed by atoms with Gasteiger partial charge in [0.15, 0.2) is 5.65 Å². The van der Waals surface area contributed by atoms with Crippen LogP contribution in [0.25, 0.3) is 16.6 Å². The summed E-state index contributed by atoms with van der Waals surface area (Å²) in [5, 5.41) is 7.48. The monoisotopic (exact) mass is 378 g/mol. The summed E-state index contributed by atoms with van der Waals surface area (Å²) >= 11 is 0. The van der Waals surface area contributed by atoms with Gasteiger partial charge < -0.3 is 5.32 Å². The van der Waals surface area contributed by atoms with Gasteiger partial charge in [0, 0.05) is 25.7 Å². The van der Waals surface area contributed by atoms with Crippen LogP contribution in [-0.4, -0.2) is 36.2 Å². The number of hydrogen-bond acceptors (Lipinski definition) is 5. The fraction of sp³-hybridized carbons (Fsp3) is 0.211. The molecular weight excluding hydrogens is 360 g/mol. The molecule has 4 aromatic rings. The summed E-state index contributed by atoms with van der Waals surface area (Å²) < 4.78 is 4.18. The van der Waals surface area contributed by atoms with Crippen LogP contribution < -0.4 is 16.6 Å². The summed E-state index contributed by atoms with van der Waals surface area (Å²) in [6.07, 6.45) is 3.24. The number of pyridine rings is 1. The SMILES string of the molecule is O=C(CCn1cnc2ccccc2c1=O)NCCn1nc2ccccn2c1=O. The van der Waals surface area contributed by atoms with Crippen molar-refractivity contribution in [3.63, 3.8) is 0 Å². The highest BCUT2D eigenvalue weighted by Crippen LogP contribution is 2.04. The van der Waals surface area contributed by atoms with Gasteiger partial charge in [0.05, 0.1) is 23.8 Å². The summed E-state index contributed by atoms with van der Waals surface area (Å²) in [4.78, 5) is 40.9. The van der Waals surface area contributed by atoms with E-state index in [4.69, 9.17) is 0 Å². The number of carbonyl (C=O) groups is 1. The average molecular weight is 378 g/mol. The van der Waals surface area contributed by atoms with Gasteiger partial charge in [-0.1, -0.05) is 18.2 Å². The molecule has 1 amide bonds. The predicted octanol–water partition coefficient (Wildman–Crippen LogP) is 0.412. The van der Waals surface area contributed by atoms with Gasteiger partial charge in [-0.2, -0.15) is 0 Å². The smallest absolute Gasteiger partial charge is 0.350 e. The maximum absolute atomic E-state index is 12.4. The zero-order valence-corrected chi connectivity index (χ0v) is 15.0. The number of benzene rings is 1. The van der Waals surface area contributed by atoms with E-state index >= 15 is 0 Å². The molecule has 9 nitrogen and oxygen atoms in total. The van der Waals surface area contributed by atoms with Crippen LogP contribution in [0, 0.1) is 0 Å². The largest absolute Gasteiger partial charge is 0.354 e. The van der Waals surface area contributed by atoms with Gasteiger partial charge in [-0.25, -0.2) is 14.5 Å². The molecule has 0 bridgehead atoms. The Morgan fingerprint density at radius 3 is 2.71 bits per heavy atom. The van der Waals surface area contributed by atoms with Crippen LogP contribution in [0.5, 0.6) is 0 Å². The molecule has 0 unspecified atom stereocenters. The highest BCUT2D eigenvalue weighted by Gasteiger charge is 2.08. The minimum absolute atomic E-state index is 0.139. The third-order valence-corrected chi connectivity index (χ3v) is 4.45. The molecule has 1 aromatic carbocycles. The third-order valence-electron chi connectivity index (χ3n) is 4.45. The second kappa shape index (κ2) is 7.47. The lowest BCUT2D eigenvalue weighted by Gasteiger charge is -2.07. The summed E-state index contributed by atoms with van der Waals surface area (Å²) in [6, 6.07) is 12.4. The Hall–Kier alpha value is -3.75. The van der Waals surface area contributed by atoms with Crippen molar-refractivity contribution in [1.29, 1.82) is 0 Å². The number of carbonyl (C=O) groups excluding carboxylic acids is 1. The number of nitrogens with one attached hydrogen (secondary N) is 1. The lowest BCUT2D eigenvalue weighted by Crippen LogP contribution is -2.32. The first-order valence-corrected chi connectivity index (χ1v) is 8.88. The lowest BCUT2D eigenvalue weighted by molar-refractivity contribution is -0.121. The zero-order valence-electron chi connectivity index (χ0n) is 15.0. The van der Waals surface area contributed by atoms with Crippen molar-refractivity contribution >= 4 is 22.5 Å². The molecule has 0 radical (unpaired) electrons. The number of fused-ring (bicyclic) bond motifs is 2. The number of para-hydroxylation sites is 1. The maximum atomic E-state index is 12.4. The second-order valence-corrected chi connectivity index (χ2v) is 6.29. The first kappa shape index (κ1) is 17.7. The third kappa shape index (κ3) is 3.41. The standard InChI is InChI=1S/C19H18N6O3/c26-17(8-11-23-13-21-15-6-2-1-5-14(15)18(23)27)20-9-12-25-19(28)24-10-4-3-7-16(24)22-25/h1-7,10,13H,8-9,11-12H2,(H,20,26). The van der Waals surface area contributed by atoms with Crippen molar-refractivity contribution in [2.24, 2.45) is 0 Å². The molecule has 0 saturated heterocycles. The molecule has 28 heavy (non-hydrogen) atoms. The van der Waals surface area contributed by atoms with E-state index in [0.717, 1.165) is 0 Å². The molecule has 0 aliphatic rings. The highest BCUT2D eigenvalue weighted by atomic mass is 16.2. The van der Waals surface area contributed by atoms with E-state index in [1.807, 2.05) is 6.07 Å². The Labute approximate surface area is 158 Å². The topological polar surface area (TPSA) is 103 Å². The van der Waals surface area contributed by atoms with Crippen molar-refractivity contribution in [3.05, 3.63) is 75.8 Å². The van der Waals surface area contributed by atoms with Crippen LogP contribution in [0.3, 0.4) is 0 Å². The van der Waals surface area contributed by atoms with Crippen LogP contribution >= 0.6 is 0 Å². The lowest BCUT2D eigenvalue weighted by atomic mass is 10.2. The second-order valence-electron chi connectivity index (χ2n) is 6.29. The molecule has 3 aromatic heterocycles. The molecule has 0 aliphatic carbocycles. The van der Waals surface area contributed by atoms with E-state index in [2.05, 4.69) is 15.4 Å². The summed E-state index contributed by atoms with van der Waals surface area (Å²) in [6.45, 7) is 0.772. The number of aryl methyl sites for hydroxylation is 1. The molecule has 0 atom stereocenters. The Morgan fingerprint density at radius 1 is 1.04 bits per heavy atom. The van der Waals surface area contributed by atoms with Gasteiger partial charge in [-0.3, -0.25) is 18.6 Å². The number of rotatable bonds is 6. The minimum atomic E-state index is -0.251. The van der Waals surface area contributed by atoms with Gasteiger partial charge in [0.25, 0.3) is 5.56 Å². The number of nitrogens with zero attached hydrogens (tertiary/aromatic N) is 5. The molecule has 3 heterocycles. The van der Waals surface area contributed by atoms with Crippen molar-refractivity contribution < 1.29 is 4.79 Å². The first-order valence-electron chi connectivity index (χ1n) is 8.88. The number of amides is 1. The van der Waals surface area contributed by atoms with E-state index in [1.165, 1.54) is 20.0 Å². The molecule has 9 heteroatoms. The summed E-state index contributed by atoms with van der Waals surface area (Å²) in [7, 11) is 0. The highest BCUT2D eigenvalue weighted by molar-refractivity contribution is 5.77.